The number of hydrogen-bond acceptors (Lipinski definition) is 2. The Hall–Kier alpha value is -8.16. The normalized spacial score (nSPS) is 11.7. The fourth-order valence-corrected chi connectivity index (χ4v) is 12.6. The molecule has 0 saturated carbocycles. The molecule has 12 rings (SSSR count). The Morgan fingerprint density at radius 1 is 0.258 bits per heavy atom. The number of fused-ring (bicyclic) bond motifs is 5. The summed E-state index contributed by atoms with van der Waals surface area (Å²) < 4.78 is 15.3. The van der Waals surface area contributed by atoms with Crippen molar-refractivity contribution in [1.82, 2.24) is 4.98 Å². The highest BCUT2D eigenvalue weighted by atomic mass is 31.2. The van der Waals surface area contributed by atoms with Gasteiger partial charge < -0.3 is 4.57 Å². The van der Waals surface area contributed by atoms with Gasteiger partial charge in [-0.1, -0.05) is 243 Å². The number of rotatable bonds is 8. The largest absolute Gasteiger partial charge is 0.309 e. The Morgan fingerprint density at radius 2 is 0.636 bits per heavy atom. The van der Waals surface area contributed by atoms with E-state index in [0.29, 0.717) is 0 Å². The van der Waals surface area contributed by atoms with Crippen LogP contribution in [-0.2, 0) is 4.57 Å². The molecule has 0 fully saturated rings. The molecule has 0 spiro atoms. The number of hydrogen-bond donors (Lipinski definition) is 0. The highest BCUT2D eigenvalue weighted by molar-refractivity contribution is 7.85. The van der Waals surface area contributed by atoms with E-state index in [1.54, 1.807) is 0 Å². The van der Waals surface area contributed by atoms with Gasteiger partial charge in [-0.25, -0.2) is 4.98 Å². The minimum absolute atomic E-state index is 0.812. The van der Waals surface area contributed by atoms with Crippen LogP contribution < -0.4 is 15.9 Å². The van der Waals surface area contributed by atoms with Crippen molar-refractivity contribution in [2.45, 2.75) is 0 Å². The summed E-state index contributed by atoms with van der Waals surface area (Å²) in [5, 5.41) is 10.7. The first-order chi connectivity index (χ1) is 32.6. The summed E-state index contributed by atoms with van der Waals surface area (Å²) in [7, 11) is -3.12. The molecule has 0 amide bonds. The zero-order chi connectivity index (χ0) is 44.0. The molecule has 66 heavy (non-hydrogen) atoms. The fourth-order valence-electron chi connectivity index (χ4n) is 9.95. The van der Waals surface area contributed by atoms with E-state index in [-0.39, 0.29) is 0 Å². The summed E-state index contributed by atoms with van der Waals surface area (Å²) in [5.74, 6) is 0. The van der Waals surface area contributed by atoms with Gasteiger partial charge in [0.1, 0.15) is 0 Å². The predicted octanol–water partition coefficient (Wildman–Crippen LogP) is 15.7. The van der Waals surface area contributed by atoms with E-state index in [0.717, 1.165) is 65.7 Å². The number of aromatic nitrogens is 1. The molecule has 3 heteroatoms. The maximum absolute atomic E-state index is 15.3. The first-order valence-corrected chi connectivity index (χ1v) is 24.2. The van der Waals surface area contributed by atoms with Crippen molar-refractivity contribution in [2.75, 3.05) is 0 Å². The van der Waals surface area contributed by atoms with Crippen molar-refractivity contribution < 1.29 is 4.57 Å². The number of nitrogens with zero attached hydrogens (tertiary/aromatic N) is 1. The van der Waals surface area contributed by atoms with Gasteiger partial charge in [0.25, 0.3) is 0 Å². The molecule has 310 valence electrons. The highest BCUT2D eigenvalue weighted by Gasteiger charge is 2.29. The second kappa shape index (κ2) is 16.4. The molecule has 0 atom stereocenters. The van der Waals surface area contributed by atoms with Gasteiger partial charge in [-0.05, 0) is 83.6 Å². The lowest BCUT2D eigenvalue weighted by Gasteiger charge is -2.21. The van der Waals surface area contributed by atoms with Crippen LogP contribution in [0.2, 0.25) is 0 Å². The Balaban J connectivity index is 1.03. The van der Waals surface area contributed by atoms with Crippen molar-refractivity contribution in [1.29, 1.82) is 0 Å². The third-order valence-electron chi connectivity index (χ3n) is 13.2. The van der Waals surface area contributed by atoms with Gasteiger partial charge in [-0.3, -0.25) is 0 Å². The molecule has 0 N–H and O–H groups in total. The van der Waals surface area contributed by atoms with Crippen molar-refractivity contribution >= 4 is 66.3 Å². The number of para-hydroxylation sites is 1. The van der Waals surface area contributed by atoms with Gasteiger partial charge in [-0.15, -0.1) is 0 Å². The van der Waals surface area contributed by atoms with Crippen LogP contribution >= 0.6 is 7.14 Å². The first kappa shape index (κ1) is 39.4. The molecule has 0 radical (unpaired) electrons. The van der Waals surface area contributed by atoms with E-state index >= 15 is 4.57 Å². The lowest BCUT2D eigenvalue weighted by Crippen LogP contribution is -2.24. The van der Waals surface area contributed by atoms with Crippen molar-refractivity contribution in [3.05, 3.63) is 255 Å². The van der Waals surface area contributed by atoms with E-state index in [4.69, 9.17) is 4.98 Å². The van der Waals surface area contributed by atoms with Gasteiger partial charge in [0.05, 0.1) is 11.2 Å². The van der Waals surface area contributed by atoms with Gasteiger partial charge in [0.15, 0.2) is 7.14 Å². The fraction of sp³-hybridized carbons (Fsp3) is 0. The third-order valence-corrected chi connectivity index (χ3v) is 16.2. The quantitative estimate of drug-likeness (QED) is 0.0865. The average molecular weight is 860 g/mol. The summed E-state index contributed by atoms with van der Waals surface area (Å²) in [5.41, 5.74) is 12.3. The zero-order valence-electron chi connectivity index (χ0n) is 36.1. The smallest absolute Gasteiger partial charge is 0.171 e. The molecule has 1 aromatic heterocycles. The van der Waals surface area contributed by atoms with Crippen LogP contribution in [0.1, 0.15) is 0 Å². The second-order valence-corrected chi connectivity index (χ2v) is 19.7. The summed E-state index contributed by atoms with van der Waals surface area (Å²) in [4.78, 5) is 5.22. The Kier molecular flexibility index (Phi) is 9.82. The number of benzene rings is 11. The maximum Gasteiger partial charge on any atom is 0.171 e. The third kappa shape index (κ3) is 6.74. The summed E-state index contributed by atoms with van der Waals surface area (Å²) >= 11 is 0. The molecule has 0 bridgehead atoms. The first-order valence-electron chi connectivity index (χ1n) is 22.5. The van der Waals surface area contributed by atoms with E-state index in [2.05, 4.69) is 194 Å². The summed E-state index contributed by atoms with van der Waals surface area (Å²) in [6.07, 6.45) is 0. The average Bonchev–Trinajstić information content (AvgIpc) is 3.40. The Morgan fingerprint density at radius 3 is 1.24 bits per heavy atom. The van der Waals surface area contributed by atoms with Crippen LogP contribution in [0.25, 0.3) is 99.0 Å². The Bertz CT molecular complexity index is 3750. The molecule has 0 aliphatic rings. The molecule has 0 aliphatic carbocycles. The lowest BCUT2D eigenvalue weighted by molar-refractivity contribution is 0.592. The molecular weight excluding hydrogens is 818 g/mol. The highest BCUT2D eigenvalue weighted by Crippen LogP contribution is 2.47. The molecule has 0 unspecified atom stereocenters. The van der Waals surface area contributed by atoms with Gasteiger partial charge in [0, 0.05) is 32.2 Å². The van der Waals surface area contributed by atoms with E-state index in [1.807, 2.05) is 60.7 Å². The monoisotopic (exact) mass is 859 g/mol. The van der Waals surface area contributed by atoms with Crippen LogP contribution in [-0.4, -0.2) is 4.98 Å². The maximum atomic E-state index is 15.3. The molecule has 0 aliphatic heterocycles. The van der Waals surface area contributed by atoms with Crippen molar-refractivity contribution in [2.24, 2.45) is 0 Å². The van der Waals surface area contributed by atoms with Crippen LogP contribution in [0.4, 0.5) is 0 Å². The van der Waals surface area contributed by atoms with E-state index in [1.165, 1.54) is 49.2 Å². The predicted molar refractivity (Wildman–Crippen MR) is 281 cm³/mol. The van der Waals surface area contributed by atoms with Crippen LogP contribution in [0, 0.1) is 0 Å². The molecule has 12 aromatic rings. The van der Waals surface area contributed by atoms with Crippen molar-refractivity contribution in [3.8, 4) is 55.8 Å². The second-order valence-electron chi connectivity index (χ2n) is 16.9. The molecule has 1 heterocycles. The minimum Gasteiger partial charge on any atom is -0.309 e. The SMILES string of the molecule is O=P(c1ccccc1)(c1ccccc1)c1ccc(-c2ccc3c(-c4ccc(-c5nc6ccccc6c6ccccc56)cc4)c4ccccc4c(-c4ccc(-c5ccccc5)cc4)c3c2)cc1. The van der Waals surface area contributed by atoms with E-state index < -0.39 is 7.14 Å². The van der Waals surface area contributed by atoms with E-state index in [9.17, 15) is 0 Å². The summed E-state index contributed by atoms with van der Waals surface area (Å²) in [6, 6.07) is 89.4. The minimum atomic E-state index is -3.12. The molecule has 0 saturated heterocycles. The van der Waals surface area contributed by atoms with Gasteiger partial charge >= 0.3 is 0 Å². The van der Waals surface area contributed by atoms with Crippen LogP contribution in [0.5, 0.6) is 0 Å². The zero-order valence-corrected chi connectivity index (χ0v) is 36.9. The molecular formula is C63H42NOP. The molecule has 11 aromatic carbocycles. The standard InChI is InChI=1S/C63H42NOP/c65-66(50-18-6-2-7-19-50,51-20-8-3-9-21-51)52-39-36-45(37-40-52)49-38-41-57-59(42-49)62(47-30-28-44(29-31-47)43-16-4-1-5-17-43)56-25-12-11-24-55(56)61(57)46-32-34-48(35-33-46)63-58-26-13-10-22-53(58)54-23-14-15-27-60(54)64-63/h1-42H. The van der Waals surface area contributed by atoms with Gasteiger partial charge in [-0.2, -0.15) is 0 Å². The Labute approximate surface area is 384 Å². The van der Waals surface area contributed by atoms with Crippen LogP contribution in [0.3, 0.4) is 0 Å². The number of pyridine rings is 1. The topological polar surface area (TPSA) is 30.0 Å². The molecule has 2 nitrogen and oxygen atoms in total. The van der Waals surface area contributed by atoms with Crippen LogP contribution in [0.15, 0.2) is 255 Å². The van der Waals surface area contributed by atoms with Gasteiger partial charge in [0.2, 0.25) is 0 Å². The summed E-state index contributed by atoms with van der Waals surface area (Å²) in [6.45, 7) is 0. The lowest BCUT2D eigenvalue weighted by atomic mass is 9.84. The van der Waals surface area contributed by atoms with Crippen molar-refractivity contribution in [3.63, 3.8) is 0 Å².